The maximum absolute atomic E-state index is 12.6. The molecule has 0 saturated carbocycles. The molecular formula is C30H24N6O8. The number of rotatable bonds is 11. The number of pyridine rings is 1. The topological polar surface area (TPSA) is 177 Å². The van der Waals surface area contributed by atoms with E-state index in [9.17, 15) is 25.0 Å². The molecule has 3 heterocycles. The molecule has 0 aliphatic carbocycles. The molecule has 1 N–H and O–H groups in total. The zero-order valence-corrected chi connectivity index (χ0v) is 23.4. The molecule has 5 aromatic rings. The number of furan rings is 1. The third kappa shape index (κ3) is 6.76. The Bertz CT molecular complexity index is 1840. The summed E-state index contributed by atoms with van der Waals surface area (Å²) in [6.45, 7) is 4.16. The highest BCUT2D eigenvalue weighted by atomic mass is 16.6. The Balaban J connectivity index is 1.20. The largest absolute Gasteiger partial charge is 0.486 e. The molecule has 222 valence electrons. The number of nitro benzene ring substituents is 1. The molecular weight excluding hydrogens is 572 g/mol. The number of benzene rings is 2. The van der Waals surface area contributed by atoms with Crippen molar-refractivity contribution >= 4 is 23.5 Å². The van der Waals surface area contributed by atoms with Crippen LogP contribution in [-0.4, -0.2) is 31.5 Å². The number of nitrogens with one attached hydrogen (secondary N) is 1. The minimum atomic E-state index is -0.667. The van der Waals surface area contributed by atoms with E-state index in [4.69, 9.17) is 13.9 Å². The average molecular weight is 597 g/mol. The summed E-state index contributed by atoms with van der Waals surface area (Å²) in [5.74, 6) is 0.460. The molecule has 1 amide bonds. The van der Waals surface area contributed by atoms with Gasteiger partial charge in [-0.15, -0.1) is 0 Å². The number of nitro groups is 2. The normalized spacial score (nSPS) is 11.0. The SMILES string of the molecule is Cc1ccc(C)n1-c1ccc(OCc2ccc(C(=O)N/N=C/c3cc([N+](=O)[O-])ccc3Oc3ccc([N+](=O)[O-])cn3)o2)cc1. The summed E-state index contributed by atoms with van der Waals surface area (Å²) in [4.78, 5) is 37.4. The van der Waals surface area contributed by atoms with Crippen molar-refractivity contribution in [3.05, 3.63) is 134 Å². The van der Waals surface area contributed by atoms with Gasteiger partial charge in [0.15, 0.2) is 5.76 Å². The summed E-state index contributed by atoms with van der Waals surface area (Å²) in [6.07, 6.45) is 2.17. The summed E-state index contributed by atoms with van der Waals surface area (Å²) >= 11 is 0. The van der Waals surface area contributed by atoms with Crippen molar-refractivity contribution in [1.29, 1.82) is 0 Å². The zero-order chi connectivity index (χ0) is 31.2. The molecule has 2 aromatic carbocycles. The number of aryl methyl sites for hydroxylation is 2. The predicted octanol–water partition coefficient (Wildman–Crippen LogP) is 6.03. The standard InChI is InChI=1S/C30H24N6O8/c1-19-3-4-20(2)34(19)22-5-9-25(10-6-22)42-18-26-11-13-28(43-26)30(37)33-32-16-21-15-23(35(38)39)7-12-27(21)44-29-14-8-24(17-31-29)36(40)41/h3-17H,18H2,1-2H3,(H,33,37)/b32-16+. The Morgan fingerprint density at radius 3 is 2.32 bits per heavy atom. The molecule has 14 nitrogen and oxygen atoms in total. The lowest BCUT2D eigenvalue weighted by molar-refractivity contribution is -0.385. The van der Waals surface area contributed by atoms with E-state index >= 15 is 0 Å². The number of carbonyl (C=O) groups is 1. The molecule has 0 unspecified atom stereocenters. The smallest absolute Gasteiger partial charge is 0.307 e. The Hall–Kier alpha value is -6.31. The Morgan fingerprint density at radius 2 is 1.66 bits per heavy atom. The highest BCUT2D eigenvalue weighted by Gasteiger charge is 2.15. The van der Waals surface area contributed by atoms with Gasteiger partial charge < -0.3 is 18.5 Å². The van der Waals surface area contributed by atoms with Gasteiger partial charge in [-0.3, -0.25) is 25.0 Å². The maximum atomic E-state index is 12.6. The third-order valence-electron chi connectivity index (χ3n) is 6.35. The summed E-state index contributed by atoms with van der Waals surface area (Å²) in [5, 5.41) is 26.0. The predicted molar refractivity (Wildman–Crippen MR) is 157 cm³/mol. The van der Waals surface area contributed by atoms with Gasteiger partial charge in [-0.25, -0.2) is 10.4 Å². The minimum Gasteiger partial charge on any atom is -0.486 e. The zero-order valence-electron chi connectivity index (χ0n) is 23.4. The van der Waals surface area contributed by atoms with E-state index in [1.54, 1.807) is 6.07 Å². The summed E-state index contributed by atoms with van der Waals surface area (Å²) in [7, 11) is 0. The number of hydrogen-bond donors (Lipinski definition) is 1. The van der Waals surface area contributed by atoms with Gasteiger partial charge in [-0.05, 0) is 68.4 Å². The second-order valence-corrected chi connectivity index (χ2v) is 9.39. The molecule has 0 saturated heterocycles. The number of hydrogen-bond acceptors (Lipinski definition) is 10. The van der Waals surface area contributed by atoms with Crippen LogP contribution in [0.3, 0.4) is 0 Å². The van der Waals surface area contributed by atoms with E-state index < -0.39 is 15.8 Å². The fourth-order valence-corrected chi connectivity index (χ4v) is 4.21. The highest BCUT2D eigenvalue weighted by molar-refractivity contribution is 5.93. The van der Waals surface area contributed by atoms with Gasteiger partial charge in [0.2, 0.25) is 5.88 Å². The fraction of sp³-hybridized carbons (Fsp3) is 0.100. The summed E-state index contributed by atoms with van der Waals surface area (Å²) in [6, 6.07) is 21.0. The molecule has 0 atom stereocenters. The highest BCUT2D eigenvalue weighted by Crippen LogP contribution is 2.28. The van der Waals surface area contributed by atoms with Crippen molar-refractivity contribution in [3.63, 3.8) is 0 Å². The molecule has 0 fully saturated rings. The van der Waals surface area contributed by atoms with Crippen LogP contribution < -0.4 is 14.9 Å². The van der Waals surface area contributed by atoms with Crippen LogP contribution in [0, 0.1) is 34.1 Å². The van der Waals surface area contributed by atoms with E-state index in [1.165, 1.54) is 36.4 Å². The summed E-state index contributed by atoms with van der Waals surface area (Å²) < 4.78 is 19.1. The Kier molecular flexibility index (Phi) is 8.42. The van der Waals surface area contributed by atoms with Crippen molar-refractivity contribution in [2.24, 2.45) is 5.10 Å². The van der Waals surface area contributed by atoms with E-state index in [1.807, 2.05) is 38.1 Å². The number of hydrazone groups is 1. The lowest BCUT2D eigenvalue weighted by atomic mass is 10.2. The lowest BCUT2D eigenvalue weighted by Crippen LogP contribution is -2.16. The molecule has 0 bridgehead atoms. The van der Waals surface area contributed by atoms with Crippen LogP contribution in [0.25, 0.3) is 5.69 Å². The van der Waals surface area contributed by atoms with Crippen LogP contribution in [0.15, 0.2) is 94.6 Å². The molecule has 0 spiro atoms. The first-order valence-corrected chi connectivity index (χ1v) is 13.0. The van der Waals surface area contributed by atoms with Gasteiger partial charge in [0.25, 0.3) is 11.4 Å². The average Bonchev–Trinajstić information content (AvgIpc) is 3.63. The van der Waals surface area contributed by atoms with Crippen molar-refractivity contribution in [2.45, 2.75) is 20.5 Å². The Morgan fingerprint density at radius 1 is 0.955 bits per heavy atom. The van der Waals surface area contributed by atoms with Gasteiger partial charge in [-0.2, -0.15) is 5.10 Å². The fourth-order valence-electron chi connectivity index (χ4n) is 4.21. The van der Waals surface area contributed by atoms with Gasteiger partial charge >= 0.3 is 5.91 Å². The van der Waals surface area contributed by atoms with Gasteiger partial charge in [-0.1, -0.05) is 0 Å². The maximum Gasteiger partial charge on any atom is 0.307 e. The molecule has 14 heteroatoms. The third-order valence-corrected chi connectivity index (χ3v) is 6.35. The monoisotopic (exact) mass is 596 g/mol. The summed E-state index contributed by atoms with van der Waals surface area (Å²) in [5.41, 5.74) is 5.23. The minimum absolute atomic E-state index is 0.00973. The van der Waals surface area contributed by atoms with Crippen molar-refractivity contribution in [1.82, 2.24) is 15.0 Å². The Labute approximate surface area is 249 Å². The van der Waals surface area contributed by atoms with Crippen molar-refractivity contribution < 1.29 is 28.5 Å². The first-order chi connectivity index (χ1) is 21.2. The lowest BCUT2D eigenvalue weighted by Gasteiger charge is -2.10. The van der Waals surface area contributed by atoms with Gasteiger partial charge in [0.05, 0.1) is 16.1 Å². The van der Waals surface area contributed by atoms with E-state index in [0.29, 0.717) is 11.5 Å². The number of ether oxygens (including phenoxy) is 2. The number of carbonyl (C=O) groups excluding carboxylic acids is 1. The second kappa shape index (κ2) is 12.7. The number of nitrogens with zero attached hydrogens (tertiary/aromatic N) is 5. The van der Waals surface area contributed by atoms with Crippen LogP contribution in [-0.2, 0) is 6.61 Å². The molecule has 0 radical (unpaired) electrons. The number of amides is 1. The quantitative estimate of drug-likeness (QED) is 0.108. The molecule has 44 heavy (non-hydrogen) atoms. The second-order valence-electron chi connectivity index (χ2n) is 9.39. The van der Waals surface area contributed by atoms with Crippen LogP contribution in [0.4, 0.5) is 11.4 Å². The molecule has 5 rings (SSSR count). The number of non-ortho nitro benzene ring substituents is 1. The van der Waals surface area contributed by atoms with Gasteiger partial charge in [0, 0.05) is 46.9 Å². The van der Waals surface area contributed by atoms with Crippen LogP contribution >= 0.6 is 0 Å². The van der Waals surface area contributed by atoms with E-state index in [-0.39, 0.29) is 40.9 Å². The van der Waals surface area contributed by atoms with Crippen LogP contribution in [0.5, 0.6) is 17.4 Å². The number of aromatic nitrogens is 2. The first-order valence-electron chi connectivity index (χ1n) is 13.0. The molecule has 0 aliphatic heterocycles. The molecule has 3 aromatic heterocycles. The van der Waals surface area contributed by atoms with Crippen LogP contribution in [0.1, 0.15) is 33.3 Å². The molecule has 0 aliphatic rings. The van der Waals surface area contributed by atoms with Crippen molar-refractivity contribution in [3.8, 4) is 23.1 Å². The van der Waals surface area contributed by atoms with E-state index in [0.717, 1.165) is 29.5 Å². The van der Waals surface area contributed by atoms with Crippen LogP contribution in [0.2, 0.25) is 0 Å². The van der Waals surface area contributed by atoms with Gasteiger partial charge in [0.1, 0.15) is 30.1 Å². The van der Waals surface area contributed by atoms with Crippen molar-refractivity contribution in [2.75, 3.05) is 0 Å². The van der Waals surface area contributed by atoms with E-state index in [2.05, 4.69) is 32.2 Å². The first kappa shape index (κ1) is 29.2.